The number of nitrogens with zero attached hydrogens (tertiary/aromatic N) is 2. The topological polar surface area (TPSA) is 134 Å². The number of para-hydroxylation sites is 1. The summed E-state index contributed by atoms with van der Waals surface area (Å²) in [6.07, 6.45) is 2.52. The molecule has 2 amide bonds. The first-order valence-corrected chi connectivity index (χ1v) is 10.2. The Labute approximate surface area is 190 Å². The van der Waals surface area contributed by atoms with Crippen LogP contribution >= 0.6 is 22.9 Å². The summed E-state index contributed by atoms with van der Waals surface area (Å²) in [5.74, 6) is -1.93. The third kappa shape index (κ3) is 5.56. The predicted octanol–water partition coefficient (Wildman–Crippen LogP) is 3.94. The van der Waals surface area contributed by atoms with Gasteiger partial charge in [-0.3, -0.25) is 19.7 Å². The molecule has 0 saturated heterocycles. The second-order valence-electron chi connectivity index (χ2n) is 6.18. The van der Waals surface area contributed by atoms with E-state index in [2.05, 4.69) is 15.8 Å². The Morgan fingerprint density at radius 3 is 2.59 bits per heavy atom. The molecule has 3 rings (SSSR count). The van der Waals surface area contributed by atoms with E-state index in [1.807, 2.05) is 0 Å². The highest BCUT2D eigenvalue weighted by Gasteiger charge is 2.17. The first-order chi connectivity index (χ1) is 15.4. The van der Waals surface area contributed by atoms with Gasteiger partial charge in [-0.15, -0.1) is 11.3 Å². The largest absolute Gasteiger partial charge is 0.502 e. The fraction of sp³-hybridized carbons (Fsp3) is 0. The summed E-state index contributed by atoms with van der Waals surface area (Å²) in [6, 6.07) is 13.8. The number of amides is 2. The molecule has 0 atom stereocenters. The zero-order valence-electron chi connectivity index (χ0n) is 16.2. The molecule has 32 heavy (non-hydrogen) atoms. The van der Waals surface area contributed by atoms with Crippen LogP contribution in [0.5, 0.6) is 5.75 Å². The molecule has 0 spiro atoms. The van der Waals surface area contributed by atoms with Crippen LogP contribution in [0.15, 0.2) is 70.8 Å². The summed E-state index contributed by atoms with van der Waals surface area (Å²) in [4.78, 5) is 36.1. The van der Waals surface area contributed by atoms with Crippen LogP contribution in [0.4, 0.5) is 5.69 Å². The lowest BCUT2D eigenvalue weighted by Gasteiger charge is -2.09. The number of hydrazone groups is 1. The number of halogens is 1. The molecule has 0 unspecified atom stereocenters. The molecular formula is C21H15ClN4O5S. The van der Waals surface area contributed by atoms with Crippen molar-refractivity contribution in [2.75, 3.05) is 0 Å². The van der Waals surface area contributed by atoms with Gasteiger partial charge in [-0.05, 0) is 35.7 Å². The van der Waals surface area contributed by atoms with Crippen molar-refractivity contribution in [3.8, 4) is 5.75 Å². The summed E-state index contributed by atoms with van der Waals surface area (Å²) in [5.41, 5.74) is 1.85. The molecule has 3 N–H and O–H groups in total. The Morgan fingerprint density at radius 2 is 1.91 bits per heavy atom. The zero-order valence-corrected chi connectivity index (χ0v) is 17.8. The van der Waals surface area contributed by atoms with Gasteiger partial charge in [0.25, 0.3) is 11.8 Å². The van der Waals surface area contributed by atoms with Gasteiger partial charge in [0.15, 0.2) is 0 Å². The SMILES string of the molecule is O=C(N/N=C/c1cccc([N+](=O)[O-])c1O)C(=Cc1cccs1)NC(=O)c1ccccc1Cl. The molecule has 0 radical (unpaired) electrons. The van der Waals surface area contributed by atoms with Crippen LogP contribution in [-0.4, -0.2) is 28.1 Å². The molecule has 1 aromatic heterocycles. The van der Waals surface area contributed by atoms with E-state index in [9.17, 15) is 24.8 Å². The molecule has 162 valence electrons. The lowest BCUT2D eigenvalue weighted by atomic mass is 10.2. The molecule has 0 saturated carbocycles. The van der Waals surface area contributed by atoms with Gasteiger partial charge >= 0.3 is 5.69 Å². The predicted molar refractivity (Wildman–Crippen MR) is 122 cm³/mol. The Bertz CT molecular complexity index is 1220. The van der Waals surface area contributed by atoms with E-state index in [0.717, 1.165) is 12.3 Å². The highest BCUT2D eigenvalue weighted by Crippen LogP contribution is 2.27. The highest BCUT2D eigenvalue weighted by molar-refractivity contribution is 7.10. The number of thiophene rings is 1. The minimum Gasteiger partial charge on any atom is -0.502 e. The van der Waals surface area contributed by atoms with Crippen LogP contribution in [-0.2, 0) is 4.79 Å². The van der Waals surface area contributed by atoms with E-state index in [-0.39, 0.29) is 21.8 Å². The number of phenols is 1. The van der Waals surface area contributed by atoms with Crippen molar-refractivity contribution in [2.24, 2.45) is 5.10 Å². The van der Waals surface area contributed by atoms with Gasteiger partial charge in [-0.1, -0.05) is 35.9 Å². The van der Waals surface area contributed by atoms with Gasteiger partial charge < -0.3 is 10.4 Å². The number of rotatable bonds is 7. The number of phenolic OH excluding ortho intramolecular Hbond substituents is 1. The zero-order chi connectivity index (χ0) is 23.1. The van der Waals surface area contributed by atoms with Crippen molar-refractivity contribution >= 4 is 52.7 Å². The molecule has 9 nitrogen and oxygen atoms in total. The van der Waals surface area contributed by atoms with E-state index < -0.39 is 28.2 Å². The van der Waals surface area contributed by atoms with Crippen molar-refractivity contribution < 1.29 is 19.6 Å². The number of benzene rings is 2. The molecule has 11 heteroatoms. The number of nitro benzene ring substituents is 1. The summed E-state index contributed by atoms with van der Waals surface area (Å²) in [5, 5.41) is 29.1. The minimum absolute atomic E-state index is 0.0309. The van der Waals surface area contributed by atoms with Crippen molar-refractivity contribution in [3.05, 3.63) is 96.8 Å². The molecule has 2 aromatic carbocycles. The molecular weight excluding hydrogens is 456 g/mol. The van der Waals surface area contributed by atoms with Crippen LogP contribution in [0.1, 0.15) is 20.8 Å². The van der Waals surface area contributed by atoms with Crippen molar-refractivity contribution in [2.45, 2.75) is 0 Å². The number of nitro groups is 1. The molecule has 0 aliphatic heterocycles. The van der Waals surface area contributed by atoms with Gasteiger partial charge in [0, 0.05) is 16.5 Å². The van der Waals surface area contributed by atoms with Crippen LogP contribution < -0.4 is 10.7 Å². The van der Waals surface area contributed by atoms with Crippen molar-refractivity contribution in [3.63, 3.8) is 0 Å². The van der Waals surface area contributed by atoms with E-state index in [1.165, 1.54) is 35.6 Å². The highest BCUT2D eigenvalue weighted by atomic mass is 35.5. The maximum atomic E-state index is 12.7. The standard InChI is InChI=1S/C21H15ClN4O5S/c22-16-8-2-1-7-15(16)20(28)24-17(11-14-6-4-10-32-14)21(29)25-23-12-13-5-3-9-18(19(13)27)26(30)31/h1-12,27H,(H,24,28)(H,25,29)/b17-11?,23-12+. The second-order valence-corrected chi connectivity index (χ2v) is 7.57. The monoisotopic (exact) mass is 470 g/mol. The Balaban J connectivity index is 1.80. The van der Waals surface area contributed by atoms with E-state index in [4.69, 9.17) is 11.6 Å². The van der Waals surface area contributed by atoms with Crippen molar-refractivity contribution in [1.29, 1.82) is 0 Å². The third-order valence-corrected chi connectivity index (χ3v) is 5.20. The average Bonchev–Trinajstić information content (AvgIpc) is 3.27. The fourth-order valence-corrected chi connectivity index (χ4v) is 3.41. The van der Waals surface area contributed by atoms with Gasteiger partial charge in [0.05, 0.1) is 21.7 Å². The maximum Gasteiger partial charge on any atom is 0.311 e. The molecule has 1 heterocycles. The molecule has 0 bridgehead atoms. The van der Waals surface area contributed by atoms with Crippen LogP contribution in [0.3, 0.4) is 0 Å². The lowest BCUT2D eigenvalue weighted by molar-refractivity contribution is -0.385. The molecule has 0 fully saturated rings. The molecule has 0 aliphatic rings. The average molecular weight is 471 g/mol. The number of aromatic hydroxyl groups is 1. The van der Waals surface area contributed by atoms with Crippen molar-refractivity contribution in [1.82, 2.24) is 10.7 Å². The Kier molecular flexibility index (Phi) is 7.32. The van der Waals surface area contributed by atoms with Crippen LogP contribution in [0.2, 0.25) is 5.02 Å². The summed E-state index contributed by atoms with van der Waals surface area (Å²) < 4.78 is 0. The smallest absolute Gasteiger partial charge is 0.311 e. The summed E-state index contributed by atoms with van der Waals surface area (Å²) >= 11 is 7.40. The number of carbonyl (C=O) groups excluding carboxylic acids is 2. The minimum atomic E-state index is -0.750. The third-order valence-electron chi connectivity index (χ3n) is 4.05. The summed E-state index contributed by atoms with van der Waals surface area (Å²) in [6.45, 7) is 0. The van der Waals surface area contributed by atoms with E-state index in [1.54, 1.807) is 35.7 Å². The normalized spacial score (nSPS) is 11.3. The number of hydrogen-bond donors (Lipinski definition) is 3. The van der Waals surface area contributed by atoms with Crippen LogP contribution in [0.25, 0.3) is 6.08 Å². The fourth-order valence-electron chi connectivity index (χ4n) is 2.53. The first-order valence-electron chi connectivity index (χ1n) is 8.97. The number of carbonyl (C=O) groups is 2. The Morgan fingerprint density at radius 1 is 1.12 bits per heavy atom. The lowest BCUT2D eigenvalue weighted by Crippen LogP contribution is -2.33. The van der Waals surface area contributed by atoms with E-state index >= 15 is 0 Å². The number of hydrogen-bond acceptors (Lipinski definition) is 7. The van der Waals surface area contributed by atoms with Crippen LogP contribution in [0, 0.1) is 10.1 Å². The maximum absolute atomic E-state index is 12.7. The first kappa shape index (κ1) is 22.7. The quantitative estimate of drug-likeness (QED) is 0.208. The number of nitrogens with one attached hydrogen (secondary N) is 2. The second kappa shape index (κ2) is 10.3. The molecule has 3 aromatic rings. The van der Waals surface area contributed by atoms with Gasteiger partial charge in [-0.25, -0.2) is 5.43 Å². The van der Waals surface area contributed by atoms with Gasteiger partial charge in [-0.2, -0.15) is 5.10 Å². The van der Waals surface area contributed by atoms with Gasteiger partial charge in [0.2, 0.25) is 5.75 Å². The summed E-state index contributed by atoms with van der Waals surface area (Å²) in [7, 11) is 0. The molecule has 0 aliphatic carbocycles. The van der Waals surface area contributed by atoms with E-state index in [0.29, 0.717) is 4.88 Å². The van der Waals surface area contributed by atoms with Gasteiger partial charge in [0.1, 0.15) is 5.70 Å². The Hall–Kier alpha value is -4.02.